The molecule has 0 aliphatic heterocycles. The summed E-state index contributed by atoms with van der Waals surface area (Å²) in [6.07, 6.45) is -0.200. The summed E-state index contributed by atoms with van der Waals surface area (Å²) in [5.74, 6) is -0.518. The van der Waals surface area contributed by atoms with Gasteiger partial charge in [-0.3, -0.25) is 9.78 Å². The van der Waals surface area contributed by atoms with Crippen LogP contribution in [0.2, 0.25) is 0 Å². The van der Waals surface area contributed by atoms with Gasteiger partial charge in [0.05, 0.1) is 28.5 Å². The molecule has 0 aliphatic rings. The summed E-state index contributed by atoms with van der Waals surface area (Å²) in [6.45, 7) is 5.86. The van der Waals surface area contributed by atoms with E-state index in [2.05, 4.69) is 15.3 Å². The molecule has 0 aliphatic carbocycles. The molecule has 11 heteroatoms. The number of nitrogens with zero attached hydrogens (tertiary/aromatic N) is 2. The van der Waals surface area contributed by atoms with E-state index in [1.165, 1.54) is 18.3 Å². The molecule has 34 heavy (non-hydrogen) atoms. The van der Waals surface area contributed by atoms with Crippen LogP contribution in [0.3, 0.4) is 0 Å². The van der Waals surface area contributed by atoms with E-state index in [9.17, 15) is 26.4 Å². The predicted molar refractivity (Wildman–Crippen MR) is 122 cm³/mol. The molecule has 0 atom stereocenters. The van der Waals surface area contributed by atoms with Gasteiger partial charge in [0, 0.05) is 13.9 Å². The number of nitrogens with one attached hydrogen (secondary N) is 1. The Morgan fingerprint density at radius 2 is 1.74 bits per heavy atom. The first-order chi connectivity index (χ1) is 15.6. The van der Waals surface area contributed by atoms with Crippen LogP contribution in [0.25, 0.3) is 0 Å². The van der Waals surface area contributed by atoms with Crippen molar-refractivity contribution in [2.75, 3.05) is 11.6 Å². The van der Waals surface area contributed by atoms with Crippen LogP contribution in [0.4, 0.5) is 18.9 Å². The van der Waals surface area contributed by atoms with Crippen molar-refractivity contribution in [3.63, 3.8) is 0 Å². The first kappa shape index (κ1) is 25.2. The van der Waals surface area contributed by atoms with E-state index in [-0.39, 0.29) is 34.5 Å². The molecule has 0 bridgehead atoms. The summed E-state index contributed by atoms with van der Waals surface area (Å²) < 4.78 is 67.7. The number of sulfone groups is 1. The second-order valence-corrected chi connectivity index (χ2v) is 10.6. The van der Waals surface area contributed by atoms with E-state index in [1.807, 2.05) is 20.8 Å². The number of alkyl halides is 3. The molecule has 7 nitrogen and oxygen atoms in total. The van der Waals surface area contributed by atoms with Crippen molar-refractivity contribution in [2.45, 2.75) is 37.3 Å². The summed E-state index contributed by atoms with van der Waals surface area (Å²) in [7, 11) is -3.54. The monoisotopic (exact) mass is 495 g/mol. The van der Waals surface area contributed by atoms with Gasteiger partial charge in [-0.15, -0.1) is 0 Å². The second kappa shape index (κ2) is 9.05. The number of aromatic nitrogens is 2. The third kappa shape index (κ3) is 6.10. The van der Waals surface area contributed by atoms with Gasteiger partial charge < -0.3 is 10.1 Å². The van der Waals surface area contributed by atoms with E-state index >= 15 is 0 Å². The lowest BCUT2D eigenvalue weighted by Gasteiger charge is -2.21. The molecular formula is C23H24F3N3O4S. The number of carbonyl (C=O) groups is 1. The standard InChI is InChI=1S/C23H22F3N3O4S.H2/c1-22(2,3)14-5-7-18(21(30)29-15-10-17(13-27-11-15)34(4,31)32)19(9-14)33-16-6-8-20(28-12-16)23(24,25)26;/h5-13H,1-4H3,(H,29,30);1H. The molecule has 1 N–H and O–H groups in total. The topological polar surface area (TPSA) is 98.2 Å². The first-order valence-electron chi connectivity index (χ1n) is 9.97. The molecule has 0 saturated carbocycles. The molecule has 3 aromatic rings. The molecule has 0 spiro atoms. The van der Waals surface area contributed by atoms with Gasteiger partial charge in [0.2, 0.25) is 0 Å². The largest absolute Gasteiger partial charge is 0.455 e. The van der Waals surface area contributed by atoms with Gasteiger partial charge in [0.15, 0.2) is 9.84 Å². The number of rotatable bonds is 5. The Labute approximate surface area is 196 Å². The van der Waals surface area contributed by atoms with Crippen LogP contribution >= 0.6 is 0 Å². The molecule has 0 unspecified atom stereocenters. The van der Waals surface area contributed by atoms with Crippen molar-refractivity contribution in [1.82, 2.24) is 9.97 Å². The van der Waals surface area contributed by atoms with Gasteiger partial charge >= 0.3 is 6.18 Å². The van der Waals surface area contributed by atoms with Crippen molar-refractivity contribution in [1.29, 1.82) is 0 Å². The summed E-state index contributed by atoms with van der Waals surface area (Å²) in [5.41, 5.74) is -0.328. The number of hydrogen-bond donors (Lipinski definition) is 1. The highest BCUT2D eigenvalue weighted by Crippen LogP contribution is 2.33. The zero-order chi connectivity index (χ0) is 25.3. The Morgan fingerprint density at radius 3 is 2.29 bits per heavy atom. The molecule has 0 saturated heterocycles. The molecule has 2 heterocycles. The van der Waals surface area contributed by atoms with E-state index in [1.54, 1.807) is 12.1 Å². The Hall–Kier alpha value is -3.47. The number of amides is 1. The van der Waals surface area contributed by atoms with Crippen LogP contribution in [0, 0.1) is 0 Å². The van der Waals surface area contributed by atoms with Gasteiger partial charge in [-0.25, -0.2) is 13.4 Å². The van der Waals surface area contributed by atoms with E-state index < -0.39 is 27.6 Å². The van der Waals surface area contributed by atoms with Crippen LogP contribution in [-0.4, -0.2) is 30.5 Å². The van der Waals surface area contributed by atoms with Gasteiger partial charge in [-0.05, 0) is 41.3 Å². The van der Waals surface area contributed by atoms with Crippen LogP contribution < -0.4 is 10.1 Å². The third-order valence-corrected chi connectivity index (χ3v) is 5.83. The Morgan fingerprint density at radius 1 is 1.03 bits per heavy atom. The molecule has 1 amide bonds. The fourth-order valence-corrected chi connectivity index (χ4v) is 3.48. The summed E-state index contributed by atoms with van der Waals surface area (Å²) in [5, 5.41) is 2.57. The summed E-state index contributed by atoms with van der Waals surface area (Å²) in [4.78, 5) is 20.1. The lowest BCUT2D eigenvalue weighted by molar-refractivity contribution is -0.141. The third-order valence-electron chi connectivity index (χ3n) is 4.75. The van der Waals surface area contributed by atoms with Crippen molar-refractivity contribution < 1.29 is 32.5 Å². The molecule has 2 aromatic heterocycles. The van der Waals surface area contributed by atoms with Crippen LogP contribution in [0.1, 0.15) is 43.8 Å². The van der Waals surface area contributed by atoms with Crippen LogP contribution in [-0.2, 0) is 21.4 Å². The van der Waals surface area contributed by atoms with E-state index in [0.29, 0.717) is 0 Å². The average Bonchev–Trinajstić information content (AvgIpc) is 2.72. The van der Waals surface area contributed by atoms with Crippen molar-refractivity contribution >= 4 is 21.4 Å². The Kier molecular flexibility index (Phi) is 6.70. The minimum atomic E-state index is -4.59. The van der Waals surface area contributed by atoms with Crippen molar-refractivity contribution in [3.05, 3.63) is 71.8 Å². The number of carbonyl (C=O) groups excluding carboxylic acids is 1. The smallest absolute Gasteiger partial charge is 0.433 e. The first-order valence-corrected chi connectivity index (χ1v) is 11.9. The molecule has 0 radical (unpaired) electrons. The van der Waals surface area contributed by atoms with E-state index in [4.69, 9.17) is 4.74 Å². The number of hydrogen-bond acceptors (Lipinski definition) is 6. The quantitative estimate of drug-likeness (QED) is 0.503. The summed E-state index contributed by atoms with van der Waals surface area (Å²) in [6, 6.07) is 8.04. The fraction of sp³-hybridized carbons (Fsp3) is 0.261. The minimum absolute atomic E-state index is 0. The van der Waals surface area contributed by atoms with Gasteiger partial charge in [0.25, 0.3) is 5.91 Å². The maximum Gasteiger partial charge on any atom is 0.433 e. The highest BCUT2D eigenvalue weighted by molar-refractivity contribution is 7.90. The number of anilines is 1. The normalized spacial score (nSPS) is 12.3. The minimum Gasteiger partial charge on any atom is -0.455 e. The van der Waals surface area contributed by atoms with Gasteiger partial charge in [0.1, 0.15) is 17.2 Å². The van der Waals surface area contributed by atoms with Crippen LogP contribution in [0.15, 0.2) is 59.9 Å². The zero-order valence-corrected chi connectivity index (χ0v) is 19.6. The highest BCUT2D eigenvalue weighted by Gasteiger charge is 2.32. The summed E-state index contributed by atoms with van der Waals surface area (Å²) >= 11 is 0. The highest BCUT2D eigenvalue weighted by atomic mass is 32.2. The Bertz CT molecular complexity index is 1320. The molecule has 0 fully saturated rings. The number of benzene rings is 1. The van der Waals surface area contributed by atoms with Crippen molar-refractivity contribution in [2.24, 2.45) is 0 Å². The maximum atomic E-state index is 13.0. The number of halogens is 3. The van der Waals surface area contributed by atoms with Gasteiger partial charge in [-0.1, -0.05) is 26.8 Å². The molecule has 182 valence electrons. The number of pyridine rings is 2. The van der Waals surface area contributed by atoms with Gasteiger partial charge in [-0.2, -0.15) is 13.2 Å². The zero-order valence-electron chi connectivity index (χ0n) is 18.8. The Balaban J connectivity index is 0.00000432. The lowest BCUT2D eigenvalue weighted by Crippen LogP contribution is -2.16. The second-order valence-electron chi connectivity index (χ2n) is 8.58. The average molecular weight is 496 g/mol. The molecule has 3 rings (SSSR count). The number of ether oxygens (including phenoxy) is 1. The lowest BCUT2D eigenvalue weighted by atomic mass is 9.86. The SMILES string of the molecule is CC(C)(C)c1ccc(C(=O)Nc2cncc(S(C)(=O)=O)c2)c(Oc2ccc(C(F)(F)F)nc2)c1.[HH]. The maximum absolute atomic E-state index is 13.0. The fourth-order valence-electron chi connectivity index (χ4n) is 2.88. The molecule has 1 aromatic carbocycles. The molecular weight excluding hydrogens is 471 g/mol. The van der Waals surface area contributed by atoms with E-state index in [0.717, 1.165) is 36.3 Å². The predicted octanol–water partition coefficient (Wildman–Crippen LogP) is 5.49. The van der Waals surface area contributed by atoms with Crippen molar-refractivity contribution in [3.8, 4) is 11.5 Å². The van der Waals surface area contributed by atoms with Crippen LogP contribution in [0.5, 0.6) is 11.5 Å².